The van der Waals surface area contributed by atoms with Gasteiger partial charge in [0.05, 0.1) is 11.8 Å². The zero-order chi connectivity index (χ0) is 16.3. The van der Waals surface area contributed by atoms with Gasteiger partial charge in [0, 0.05) is 22.4 Å². The van der Waals surface area contributed by atoms with Gasteiger partial charge in [0.25, 0.3) is 0 Å². The Labute approximate surface area is 131 Å². The van der Waals surface area contributed by atoms with Gasteiger partial charge in [0.1, 0.15) is 5.92 Å². The molecule has 0 amide bonds. The minimum absolute atomic E-state index is 0.0266. The van der Waals surface area contributed by atoms with Crippen molar-refractivity contribution in [3.05, 3.63) is 59.2 Å². The Kier molecular flexibility index (Phi) is 2.69. The molecule has 0 saturated heterocycles. The number of hydrogen-bond donors (Lipinski definition) is 1. The lowest BCUT2D eigenvalue weighted by Gasteiger charge is -2.13. The topological polar surface area (TPSA) is 92.1 Å². The molecule has 5 nitrogen and oxygen atoms in total. The number of nitrogens with one attached hydrogen (secondary N) is 1. The second-order valence-corrected chi connectivity index (χ2v) is 5.87. The summed E-state index contributed by atoms with van der Waals surface area (Å²) >= 11 is 0. The van der Waals surface area contributed by atoms with Gasteiger partial charge in [0.15, 0.2) is 23.1 Å². The van der Waals surface area contributed by atoms with Gasteiger partial charge in [0.2, 0.25) is 0 Å². The molecule has 3 aliphatic rings. The van der Waals surface area contributed by atoms with E-state index in [2.05, 4.69) is 0 Å². The molecule has 5 heteroatoms. The summed E-state index contributed by atoms with van der Waals surface area (Å²) in [5, 5.41) is 7.86. The fourth-order valence-electron chi connectivity index (χ4n) is 3.62. The van der Waals surface area contributed by atoms with Crippen molar-refractivity contribution in [3.8, 4) is 0 Å². The van der Waals surface area contributed by atoms with E-state index in [1.54, 1.807) is 12.1 Å². The summed E-state index contributed by atoms with van der Waals surface area (Å²) in [6.45, 7) is 0. The molecule has 3 aliphatic carbocycles. The maximum atomic E-state index is 12.6. The number of allylic oxidation sites excluding steroid dienone is 4. The first-order chi connectivity index (χ1) is 11.0. The molecule has 112 valence electrons. The van der Waals surface area contributed by atoms with E-state index in [1.165, 1.54) is 30.4 Å². The zero-order valence-corrected chi connectivity index (χ0v) is 11.9. The molecule has 23 heavy (non-hydrogen) atoms. The maximum Gasteiger partial charge on any atom is 0.175 e. The predicted octanol–water partition coefficient (Wildman–Crippen LogP) is 1.58. The smallest absolute Gasteiger partial charge is 0.175 e. The lowest BCUT2D eigenvalue weighted by atomic mass is 9.84. The summed E-state index contributed by atoms with van der Waals surface area (Å²) in [5.74, 6) is -5.51. The summed E-state index contributed by atoms with van der Waals surface area (Å²) < 4.78 is 0. The first-order valence-corrected chi connectivity index (χ1v) is 7.24. The highest BCUT2D eigenvalue weighted by molar-refractivity contribution is 6.37. The van der Waals surface area contributed by atoms with Gasteiger partial charge in [-0.15, -0.1) is 0 Å². The van der Waals surface area contributed by atoms with Gasteiger partial charge >= 0.3 is 0 Å². The molecule has 1 saturated carbocycles. The van der Waals surface area contributed by atoms with Crippen LogP contribution < -0.4 is 0 Å². The molecule has 0 aromatic heterocycles. The maximum absolute atomic E-state index is 12.6. The summed E-state index contributed by atoms with van der Waals surface area (Å²) in [5.41, 5.74) is 0.767. The number of carbonyl (C=O) groups is 4. The molecule has 0 radical (unpaired) electrons. The number of carbonyl (C=O) groups excluding carboxylic acids is 4. The van der Waals surface area contributed by atoms with Gasteiger partial charge in [-0.3, -0.25) is 19.2 Å². The lowest BCUT2D eigenvalue weighted by Crippen LogP contribution is -2.34. The molecular weight excluding hydrogens is 294 g/mol. The molecule has 1 aromatic carbocycles. The standard InChI is InChI=1S/C18H11NO4/c19-11-7-3-6-10-12(11)18(23)14(17(10)22)13-15(20)8-4-1-2-5-9(8)16(13)21/h1-7,12-14,19H. The summed E-state index contributed by atoms with van der Waals surface area (Å²) in [6, 6.07) is 6.37. The Morgan fingerprint density at radius 2 is 1.43 bits per heavy atom. The van der Waals surface area contributed by atoms with Crippen molar-refractivity contribution in [1.82, 2.24) is 0 Å². The van der Waals surface area contributed by atoms with Crippen LogP contribution in [0.15, 0.2) is 48.1 Å². The number of fused-ring (bicyclic) bond motifs is 2. The van der Waals surface area contributed by atoms with Crippen molar-refractivity contribution < 1.29 is 19.2 Å². The first kappa shape index (κ1) is 13.7. The number of ketones is 4. The Morgan fingerprint density at radius 1 is 0.826 bits per heavy atom. The van der Waals surface area contributed by atoms with Crippen molar-refractivity contribution in [3.63, 3.8) is 0 Å². The number of hydrogen-bond acceptors (Lipinski definition) is 5. The van der Waals surface area contributed by atoms with E-state index in [0.29, 0.717) is 0 Å². The van der Waals surface area contributed by atoms with Crippen molar-refractivity contribution in [2.45, 2.75) is 0 Å². The van der Waals surface area contributed by atoms with Crippen LogP contribution >= 0.6 is 0 Å². The molecule has 1 fully saturated rings. The van der Waals surface area contributed by atoms with Gasteiger partial charge in [-0.2, -0.15) is 0 Å². The SMILES string of the molecule is N=C1C=CC=C2C(=O)C(C3C(=O)c4ccccc4C3=O)C(=O)C12. The van der Waals surface area contributed by atoms with E-state index in [4.69, 9.17) is 5.41 Å². The van der Waals surface area contributed by atoms with Gasteiger partial charge in [-0.05, 0) is 6.08 Å². The minimum atomic E-state index is -1.31. The largest absolute Gasteiger partial charge is 0.304 e. The summed E-state index contributed by atoms with van der Waals surface area (Å²) in [4.78, 5) is 50.4. The van der Waals surface area contributed by atoms with Crippen LogP contribution in [-0.4, -0.2) is 28.8 Å². The highest BCUT2D eigenvalue weighted by Crippen LogP contribution is 2.41. The molecule has 2 atom stereocenters. The van der Waals surface area contributed by atoms with E-state index >= 15 is 0 Å². The molecule has 1 N–H and O–H groups in total. The summed E-state index contributed by atoms with van der Waals surface area (Å²) in [7, 11) is 0. The van der Waals surface area contributed by atoms with E-state index < -0.39 is 40.9 Å². The molecule has 0 spiro atoms. The fraction of sp³-hybridized carbons (Fsp3) is 0.167. The highest BCUT2D eigenvalue weighted by atomic mass is 16.2. The first-order valence-electron chi connectivity index (χ1n) is 7.24. The van der Waals surface area contributed by atoms with Crippen molar-refractivity contribution >= 4 is 28.8 Å². The second-order valence-electron chi connectivity index (χ2n) is 5.87. The van der Waals surface area contributed by atoms with Crippen molar-refractivity contribution in [2.75, 3.05) is 0 Å². The molecule has 1 aromatic rings. The number of rotatable bonds is 1. The fourth-order valence-corrected chi connectivity index (χ4v) is 3.62. The van der Waals surface area contributed by atoms with Crippen molar-refractivity contribution in [2.24, 2.45) is 17.8 Å². The van der Waals surface area contributed by atoms with E-state index in [9.17, 15) is 19.2 Å². The lowest BCUT2D eigenvalue weighted by molar-refractivity contribution is -0.128. The molecule has 4 rings (SSSR count). The van der Waals surface area contributed by atoms with Crippen LogP contribution in [0.2, 0.25) is 0 Å². The Hall–Kier alpha value is -2.95. The van der Waals surface area contributed by atoms with Crippen LogP contribution in [0, 0.1) is 23.2 Å². The van der Waals surface area contributed by atoms with E-state index in [0.717, 1.165) is 0 Å². The molecule has 2 unspecified atom stereocenters. The zero-order valence-electron chi connectivity index (χ0n) is 11.9. The van der Waals surface area contributed by atoms with Gasteiger partial charge in [-0.1, -0.05) is 36.4 Å². The molecule has 0 heterocycles. The predicted molar refractivity (Wildman–Crippen MR) is 80.5 cm³/mol. The Morgan fingerprint density at radius 3 is 2.00 bits per heavy atom. The molecular formula is C18H11NO4. The quantitative estimate of drug-likeness (QED) is 0.797. The Balaban J connectivity index is 1.80. The molecule has 0 aliphatic heterocycles. The normalized spacial score (nSPS) is 26.6. The minimum Gasteiger partial charge on any atom is -0.304 e. The third kappa shape index (κ3) is 1.64. The van der Waals surface area contributed by atoms with E-state index in [1.807, 2.05) is 0 Å². The van der Waals surface area contributed by atoms with Crippen LogP contribution in [0.5, 0.6) is 0 Å². The highest BCUT2D eigenvalue weighted by Gasteiger charge is 2.56. The average Bonchev–Trinajstić information content (AvgIpc) is 2.94. The average molecular weight is 305 g/mol. The number of Topliss-reactive ketones (excluding diaryl/α,β-unsaturated/α-hetero) is 4. The van der Waals surface area contributed by atoms with Gasteiger partial charge < -0.3 is 5.41 Å². The van der Waals surface area contributed by atoms with Crippen molar-refractivity contribution in [1.29, 1.82) is 5.41 Å². The van der Waals surface area contributed by atoms with Crippen LogP contribution in [0.4, 0.5) is 0 Å². The second kappa shape index (κ2) is 4.52. The monoisotopic (exact) mass is 305 g/mol. The van der Waals surface area contributed by atoms with E-state index in [-0.39, 0.29) is 22.4 Å². The van der Waals surface area contributed by atoms with Crippen LogP contribution in [0.3, 0.4) is 0 Å². The third-order valence-electron chi connectivity index (χ3n) is 4.69. The van der Waals surface area contributed by atoms with Crippen LogP contribution in [0.25, 0.3) is 0 Å². The molecule has 0 bridgehead atoms. The van der Waals surface area contributed by atoms with Gasteiger partial charge in [-0.25, -0.2) is 0 Å². The summed E-state index contributed by atoms with van der Waals surface area (Å²) in [6.07, 6.45) is 4.49. The Bertz CT molecular complexity index is 855. The third-order valence-corrected chi connectivity index (χ3v) is 4.69. The van der Waals surface area contributed by atoms with Crippen LogP contribution in [-0.2, 0) is 9.59 Å². The van der Waals surface area contributed by atoms with Crippen LogP contribution in [0.1, 0.15) is 20.7 Å². The number of benzene rings is 1.